The first-order valence-corrected chi connectivity index (χ1v) is 5.79. The third kappa shape index (κ3) is 4.79. The van der Waals surface area contributed by atoms with Gasteiger partial charge in [0.1, 0.15) is 6.04 Å². The molecule has 1 aromatic carbocycles. The van der Waals surface area contributed by atoms with Crippen molar-refractivity contribution in [3.05, 3.63) is 35.4 Å². The predicted molar refractivity (Wildman–Crippen MR) is 68.5 cm³/mol. The Bertz CT molecular complexity index is 499. The molecule has 19 heavy (non-hydrogen) atoms. The van der Waals surface area contributed by atoms with Crippen LogP contribution in [0.15, 0.2) is 24.3 Å². The molecule has 0 unspecified atom stereocenters. The Morgan fingerprint density at radius 1 is 1.37 bits per heavy atom. The molecule has 0 spiro atoms. The van der Waals surface area contributed by atoms with E-state index in [0.29, 0.717) is 5.56 Å². The number of amides is 2. The summed E-state index contributed by atoms with van der Waals surface area (Å²) in [4.78, 5) is 33.5. The molecule has 0 aliphatic heterocycles. The highest BCUT2D eigenvalue weighted by molar-refractivity contribution is 5.96. The number of carbonyl (C=O) groups is 3. The van der Waals surface area contributed by atoms with Gasteiger partial charge in [0, 0.05) is 12.0 Å². The number of hydrogen-bond donors (Lipinski definition) is 3. The molecule has 102 valence electrons. The summed E-state index contributed by atoms with van der Waals surface area (Å²) in [5.74, 6) is -2.28. The summed E-state index contributed by atoms with van der Waals surface area (Å²) >= 11 is 0. The number of carboxylic acid groups (broad SMARTS) is 1. The fourth-order valence-corrected chi connectivity index (χ4v) is 1.57. The van der Waals surface area contributed by atoms with E-state index in [-0.39, 0.29) is 12.8 Å². The van der Waals surface area contributed by atoms with Gasteiger partial charge < -0.3 is 16.2 Å². The van der Waals surface area contributed by atoms with Crippen LogP contribution in [0.5, 0.6) is 0 Å². The van der Waals surface area contributed by atoms with Gasteiger partial charge in [-0.25, -0.2) is 4.79 Å². The fraction of sp³-hybridized carbons (Fsp3) is 0.308. The summed E-state index contributed by atoms with van der Waals surface area (Å²) in [7, 11) is 0. The van der Waals surface area contributed by atoms with Crippen molar-refractivity contribution in [2.45, 2.75) is 25.8 Å². The third-order valence-corrected chi connectivity index (χ3v) is 2.56. The predicted octanol–water partition coefficient (Wildman–Crippen LogP) is 0.444. The van der Waals surface area contributed by atoms with E-state index in [1.54, 1.807) is 18.2 Å². The smallest absolute Gasteiger partial charge is 0.326 e. The highest BCUT2D eigenvalue weighted by Crippen LogP contribution is 2.05. The van der Waals surface area contributed by atoms with Crippen molar-refractivity contribution in [3.8, 4) is 0 Å². The van der Waals surface area contributed by atoms with Gasteiger partial charge in [-0.15, -0.1) is 0 Å². The van der Waals surface area contributed by atoms with Gasteiger partial charge in [0.2, 0.25) is 5.91 Å². The van der Waals surface area contributed by atoms with Crippen molar-refractivity contribution >= 4 is 17.8 Å². The highest BCUT2D eigenvalue weighted by atomic mass is 16.4. The first-order valence-electron chi connectivity index (χ1n) is 5.79. The summed E-state index contributed by atoms with van der Waals surface area (Å²) in [5, 5.41) is 11.3. The number of aryl methyl sites for hydroxylation is 1. The molecule has 0 heterocycles. The van der Waals surface area contributed by atoms with Crippen LogP contribution in [-0.4, -0.2) is 28.9 Å². The zero-order chi connectivity index (χ0) is 14.4. The van der Waals surface area contributed by atoms with Gasteiger partial charge >= 0.3 is 5.97 Å². The van der Waals surface area contributed by atoms with E-state index in [9.17, 15) is 14.4 Å². The number of nitrogens with one attached hydrogen (secondary N) is 1. The lowest BCUT2D eigenvalue weighted by atomic mass is 10.1. The first kappa shape index (κ1) is 14.7. The largest absolute Gasteiger partial charge is 0.480 e. The number of carboxylic acids is 1. The molecule has 0 saturated heterocycles. The Kier molecular flexibility index (Phi) is 5.05. The molecule has 0 aliphatic rings. The van der Waals surface area contributed by atoms with Crippen molar-refractivity contribution in [2.24, 2.45) is 5.73 Å². The van der Waals surface area contributed by atoms with Crippen LogP contribution in [0.25, 0.3) is 0 Å². The van der Waals surface area contributed by atoms with Crippen LogP contribution in [-0.2, 0) is 9.59 Å². The maximum Gasteiger partial charge on any atom is 0.326 e. The van der Waals surface area contributed by atoms with Crippen molar-refractivity contribution in [1.29, 1.82) is 0 Å². The zero-order valence-electron chi connectivity index (χ0n) is 10.6. The van der Waals surface area contributed by atoms with E-state index in [1.807, 2.05) is 13.0 Å². The molecular weight excluding hydrogens is 248 g/mol. The zero-order valence-corrected chi connectivity index (χ0v) is 10.6. The van der Waals surface area contributed by atoms with E-state index in [4.69, 9.17) is 10.8 Å². The van der Waals surface area contributed by atoms with Crippen molar-refractivity contribution < 1.29 is 19.5 Å². The number of carbonyl (C=O) groups excluding carboxylic acids is 2. The van der Waals surface area contributed by atoms with Crippen LogP contribution in [0.4, 0.5) is 0 Å². The topological polar surface area (TPSA) is 109 Å². The average molecular weight is 264 g/mol. The van der Waals surface area contributed by atoms with Crippen LogP contribution in [0.3, 0.4) is 0 Å². The van der Waals surface area contributed by atoms with E-state index >= 15 is 0 Å². The molecule has 0 bridgehead atoms. The normalized spacial score (nSPS) is 11.6. The minimum Gasteiger partial charge on any atom is -0.480 e. The maximum absolute atomic E-state index is 11.9. The molecule has 0 aliphatic carbocycles. The van der Waals surface area contributed by atoms with Crippen LogP contribution >= 0.6 is 0 Å². The van der Waals surface area contributed by atoms with Gasteiger partial charge in [-0.1, -0.05) is 17.7 Å². The summed E-state index contributed by atoms with van der Waals surface area (Å²) in [6, 6.07) is 5.67. The number of rotatable bonds is 6. The molecule has 2 amide bonds. The quantitative estimate of drug-likeness (QED) is 0.692. The molecule has 0 saturated carbocycles. The minimum absolute atomic E-state index is 0.0256. The second kappa shape index (κ2) is 6.53. The Hall–Kier alpha value is -2.37. The minimum atomic E-state index is -1.19. The van der Waals surface area contributed by atoms with Crippen LogP contribution in [0, 0.1) is 6.92 Å². The third-order valence-electron chi connectivity index (χ3n) is 2.56. The van der Waals surface area contributed by atoms with Gasteiger partial charge in [0.05, 0.1) is 0 Å². The second-order valence-corrected chi connectivity index (χ2v) is 4.24. The molecule has 0 radical (unpaired) electrons. The number of hydrogen-bond acceptors (Lipinski definition) is 3. The number of nitrogens with two attached hydrogens (primary N) is 1. The van der Waals surface area contributed by atoms with Crippen LogP contribution < -0.4 is 11.1 Å². The van der Waals surface area contributed by atoms with Gasteiger partial charge in [0.25, 0.3) is 5.91 Å². The van der Waals surface area contributed by atoms with E-state index < -0.39 is 23.8 Å². The highest BCUT2D eigenvalue weighted by Gasteiger charge is 2.21. The van der Waals surface area contributed by atoms with Crippen molar-refractivity contribution in [1.82, 2.24) is 5.32 Å². The Morgan fingerprint density at radius 2 is 2.05 bits per heavy atom. The van der Waals surface area contributed by atoms with E-state index in [0.717, 1.165) is 5.56 Å². The molecule has 1 rings (SSSR count). The summed E-state index contributed by atoms with van der Waals surface area (Å²) < 4.78 is 0. The van der Waals surface area contributed by atoms with E-state index in [1.165, 1.54) is 0 Å². The molecule has 6 heteroatoms. The van der Waals surface area contributed by atoms with Gasteiger partial charge in [-0.3, -0.25) is 9.59 Å². The van der Waals surface area contributed by atoms with Crippen LogP contribution in [0.2, 0.25) is 0 Å². The lowest BCUT2D eigenvalue weighted by Gasteiger charge is -2.13. The molecular formula is C13H16N2O4. The summed E-state index contributed by atoms with van der Waals surface area (Å²) in [6.45, 7) is 1.83. The number of benzene rings is 1. The summed E-state index contributed by atoms with van der Waals surface area (Å²) in [6.07, 6.45) is -0.118. The lowest BCUT2D eigenvalue weighted by molar-refractivity contribution is -0.139. The Morgan fingerprint density at radius 3 is 2.58 bits per heavy atom. The molecule has 0 aromatic heterocycles. The average Bonchev–Trinajstić information content (AvgIpc) is 2.33. The molecule has 6 nitrogen and oxygen atoms in total. The molecule has 1 atom stereocenters. The van der Waals surface area contributed by atoms with Gasteiger partial charge in [-0.05, 0) is 25.5 Å². The standard InChI is InChI=1S/C13H16N2O4/c1-8-3-2-4-9(7-8)12(17)15-10(13(18)19)5-6-11(14)16/h2-4,7,10H,5-6H2,1H3,(H2,14,16)(H,15,17)(H,18,19)/t10-/m1/s1. The number of aliphatic carboxylic acids is 1. The lowest BCUT2D eigenvalue weighted by Crippen LogP contribution is -2.41. The fourth-order valence-electron chi connectivity index (χ4n) is 1.57. The first-order chi connectivity index (χ1) is 8.90. The number of primary amides is 1. The Labute approximate surface area is 110 Å². The van der Waals surface area contributed by atoms with Gasteiger partial charge in [0.15, 0.2) is 0 Å². The Balaban J connectivity index is 2.71. The van der Waals surface area contributed by atoms with Crippen LogP contribution in [0.1, 0.15) is 28.8 Å². The van der Waals surface area contributed by atoms with Gasteiger partial charge in [-0.2, -0.15) is 0 Å². The van der Waals surface area contributed by atoms with Crippen molar-refractivity contribution in [2.75, 3.05) is 0 Å². The molecule has 0 fully saturated rings. The molecule has 1 aromatic rings. The SMILES string of the molecule is Cc1cccc(C(=O)N[C@H](CCC(N)=O)C(=O)O)c1. The summed E-state index contributed by atoms with van der Waals surface area (Å²) in [5.41, 5.74) is 6.24. The van der Waals surface area contributed by atoms with E-state index in [2.05, 4.69) is 5.32 Å². The maximum atomic E-state index is 11.9. The molecule has 4 N–H and O–H groups in total. The monoisotopic (exact) mass is 264 g/mol. The van der Waals surface area contributed by atoms with Crippen molar-refractivity contribution in [3.63, 3.8) is 0 Å². The second-order valence-electron chi connectivity index (χ2n) is 4.24.